The van der Waals surface area contributed by atoms with E-state index in [4.69, 9.17) is 9.47 Å². The Kier molecular flexibility index (Phi) is 6.20. The Morgan fingerprint density at radius 1 is 1.00 bits per heavy atom. The van der Waals surface area contributed by atoms with Gasteiger partial charge in [0.25, 0.3) is 0 Å². The van der Waals surface area contributed by atoms with Crippen LogP contribution in [0.25, 0.3) is 0 Å². The molecule has 2 atom stereocenters. The van der Waals surface area contributed by atoms with Gasteiger partial charge in [0.05, 0.1) is 13.7 Å². The maximum atomic E-state index is 11.7. The molecule has 3 rings (SSSR count). The lowest BCUT2D eigenvalue weighted by atomic mass is 10.0. The smallest absolute Gasteiger partial charge is 0.334 e. The molecule has 2 aromatic carbocycles. The summed E-state index contributed by atoms with van der Waals surface area (Å²) in [5.41, 5.74) is 2.57. The summed E-state index contributed by atoms with van der Waals surface area (Å²) >= 11 is 0. The average Bonchev–Trinajstić information content (AvgIpc) is 2.68. The molecule has 0 aliphatic carbocycles. The Bertz CT molecular complexity index is 610. The van der Waals surface area contributed by atoms with E-state index in [0.29, 0.717) is 19.1 Å². The number of esters is 1. The quantitative estimate of drug-likeness (QED) is 0.756. The number of hydrogen-bond acceptors (Lipinski definition) is 4. The number of benzene rings is 2. The maximum Gasteiger partial charge on any atom is 0.334 e. The second kappa shape index (κ2) is 8.79. The third-order valence-corrected chi connectivity index (χ3v) is 4.69. The molecule has 1 aliphatic heterocycles. The highest BCUT2D eigenvalue weighted by Gasteiger charge is 2.30. The lowest BCUT2D eigenvalue weighted by Gasteiger charge is -2.36. The van der Waals surface area contributed by atoms with E-state index in [-0.39, 0.29) is 5.97 Å². The molecule has 1 saturated heterocycles. The van der Waals surface area contributed by atoms with Gasteiger partial charge in [-0.05, 0) is 24.0 Å². The zero-order valence-electron chi connectivity index (χ0n) is 14.6. The van der Waals surface area contributed by atoms with Crippen LogP contribution in [0.15, 0.2) is 60.7 Å². The van der Waals surface area contributed by atoms with E-state index in [1.807, 2.05) is 12.1 Å². The third-order valence-electron chi connectivity index (χ3n) is 4.69. The molecule has 0 aromatic heterocycles. The fourth-order valence-corrected chi connectivity index (χ4v) is 3.29. The predicted octanol–water partition coefficient (Wildman–Crippen LogP) is 3.41. The molecule has 132 valence electrons. The lowest BCUT2D eigenvalue weighted by Crippen LogP contribution is -2.44. The SMILES string of the molecule is COC(=O)[C@@H]1CCC(N(Cc2ccccc2)Cc2ccccc2)CO1. The number of rotatable bonds is 6. The second-order valence-corrected chi connectivity index (χ2v) is 6.45. The summed E-state index contributed by atoms with van der Waals surface area (Å²) in [6.07, 6.45) is 1.22. The van der Waals surface area contributed by atoms with Crippen LogP contribution in [0, 0.1) is 0 Å². The van der Waals surface area contributed by atoms with Crippen LogP contribution in [0.3, 0.4) is 0 Å². The standard InChI is InChI=1S/C21H25NO3/c1-24-21(23)20-13-12-19(16-25-20)22(14-17-8-4-2-5-9-17)15-18-10-6-3-7-11-18/h2-11,19-20H,12-16H2,1H3/t19?,20-/m0/s1. The highest BCUT2D eigenvalue weighted by molar-refractivity contribution is 5.74. The molecular weight excluding hydrogens is 314 g/mol. The van der Waals surface area contributed by atoms with E-state index >= 15 is 0 Å². The van der Waals surface area contributed by atoms with E-state index < -0.39 is 6.10 Å². The van der Waals surface area contributed by atoms with Gasteiger partial charge in [-0.2, -0.15) is 0 Å². The molecule has 0 bridgehead atoms. The minimum absolute atomic E-state index is 0.267. The van der Waals surface area contributed by atoms with Crippen molar-refractivity contribution in [3.63, 3.8) is 0 Å². The Labute approximate surface area is 149 Å². The second-order valence-electron chi connectivity index (χ2n) is 6.45. The first-order chi connectivity index (χ1) is 12.3. The molecule has 0 radical (unpaired) electrons. The van der Waals surface area contributed by atoms with E-state index in [0.717, 1.165) is 19.5 Å². The van der Waals surface area contributed by atoms with Gasteiger partial charge in [0.1, 0.15) is 0 Å². The highest BCUT2D eigenvalue weighted by Crippen LogP contribution is 2.23. The summed E-state index contributed by atoms with van der Waals surface area (Å²) < 4.78 is 10.6. The molecule has 0 spiro atoms. The van der Waals surface area contributed by atoms with E-state index in [2.05, 4.69) is 53.4 Å². The van der Waals surface area contributed by atoms with Gasteiger partial charge in [-0.25, -0.2) is 4.79 Å². The average molecular weight is 339 g/mol. The van der Waals surface area contributed by atoms with Crippen molar-refractivity contribution in [3.05, 3.63) is 71.8 Å². The van der Waals surface area contributed by atoms with Crippen molar-refractivity contribution in [1.82, 2.24) is 4.90 Å². The van der Waals surface area contributed by atoms with Gasteiger partial charge < -0.3 is 9.47 Å². The first kappa shape index (κ1) is 17.6. The van der Waals surface area contributed by atoms with Crippen molar-refractivity contribution >= 4 is 5.97 Å². The zero-order valence-corrected chi connectivity index (χ0v) is 14.6. The molecule has 0 amide bonds. The molecule has 1 aliphatic rings. The predicted molar refractivity (Wildman–Crippen MR) is 96.9 cm³/mol. The van der Waals surface area contributed by atoms with Crippen molar-refractivity contribution in [2.45, 2.75) is 38.1 Å². The van der Waals surface area contributed by atoms with Gasteiger partial charge in [-0.15, -0.1) is 0 Å². The summed E-state index contributed by atoms with van der Waals surface area (Å²) in [5.74, 6) is -0.267. The maximum absolute atomic E-state index is 11.7. The number of nitrogens with zero attached hydrogens (tertiary/aromatic N) is 1. The third kappa shape index (κ3) is 4.91. The fraction of sp³-hybridized carbons (Fsp3) is 0.381. The van der Waals surface area contributed by atoms with Gasteiger partial charge in [0.2, 0.25) is 0 Å². The summed E-state index contributed by atoms with van der Waals surface area (Å²) in [7, 11) is 1.41. The summed E-state index contributed by atoms with van der Waals surface area (Å²) in [6, 6.07) is 21.3. The van der Waals surface area contributed by atoms with Crippen molar-refractivity contribution < 1.29 is 14.3 Å². The molecule has 4 nitrogen and oxygen atoms in total. The van der Waals surface area contributed by atoms with Crippen LogP contribution >= 0.6 is 0 Å². The minimum atomic E-state index is -0.420. The van der Waals surface area contributed by atoms with Gasteiger partial charge in [-0.3, -0.25) is 4.90 Å². The van der Waals surface area contributed by atoms with Crippen LogP contribution in [0.2, 0.25) is 0 Å². The van der Waals surface area contributed by atoms with Crippen LogP contribution in [-0.2, 0) is 27.4 Å². The fourth-order valence-electron chi connectivity index (χ4n) is 3.29. The monoisotopic (exact) mass is 339 g/mol. The number of carbonyl (C=O) groups excluding carboxylic acids is 1. The Morgan fingerprint density at radius 2 is 1.56 bits per heavy atom. The number of carbonyl (C=O) groups is 1. The van der Waals surface area contributed by atoms with E-state index in [9.17, 15) is 4.79 Å². The number of hydrogen-bond donors (Lipinski definition) is 0. The number of ether oxygens (including phenoxy) is 2. The van der Waals surface area contributed by atoms with Crippen molar-refractivity contribution in [3.8, 4) is 0 Å². The summed E-state index contributed by atoms with van der Waals surface area (Å²) in [5, 5.41) is 0. The Hall–Kier alpha value is -2.17. The van der Waals surface area contributed by atoms with E-state index in [1.54, 1.807) is 0 Å². The largest absolute Gasteiger partial charge is 0.467 e. The first-order valence-electron chi connectivity index (χ1n) is 8.77. The summed E-state index contributed by atoms with van der Waals surface area (Å²) in [6.45, 7) is 2.29. The van der Waals surface area contributed by atoms with Gasteiger partial charge in [-0.1, -0.05) is 60.7 Å². The van der Waals surface area contributed by atoms with Crippen molar-refractivity contribution in [1.29, 1.82) is 0 Å². The van der Waals surface area contributed by atoms with Gasteiger partial charge in [0.15, 0.2) is 6.10 Å². The first-order valence-corrected chi connectivity index (χ1v) is 8.77. The molecule has 1 heterocycles. The van der Waals surface area contributed by atoms with E-state index in [1.165, 1.54) is 18.2 Å². The molecule has 25 heavy (non-hydrogen) atoms. The molecule has 0 saturated carbocycles. The van der Waals surface area contributed by atoms with Gasteiger partial charge in [0, 0.05) is 19.1 Å². The molecule has 1 fully saturated rings. The van der Waals surface area contributed by atoms with Crippen LogP contribution in [0.4, 0.5) is 0 Å². The molecule has 0 N–H and O–H groups in total. The molecule has 1 unspecified atom stereocenters. The number of methoxy groups -OCH3 is 1. The molecular formula is C21H25NO3. The van der Waals surface area contributed by atoms with Gasteiger partial charge >= 0.3 is 5.97 Å². The van der Waals surface area contributed by atoms with Crippen LogP contribution < -0.4 is 0 Å². The zero-order chi connectivity index (χ0) is 17.5. The van der Waals surface area contributed by atoms with Crippen LogP contribution in [-0.4, -0.2) is 36.7 Å². The molecule has 2 aromatic rings. The van der Waals surface area contributed by atoms with Crippen molar-refractivity contribution in [2.75, 3.05) is 13.7 Å². The minimum Gasteiger partial charge on any atom is -0.467 e. The molecule has 4 heteroatoms. The Balaban J connectivity index is 1.69. The normalized spacial score (nSPS) is 20.4. The summed E-state index contributed by atoms with van der Waals surface area (Å²) in [4.78, 5) is 14.1. The van der Waals surface area contributed by atoms with Crippen LogP contribution in [0.1, 0.15) is 24.0 Å². The lowest BCUT2D eigenvalue weighted by molar-refractivity contribution is -0.159. The topological polar surface area (TPSA) is 38.8 Å². The van der Waals surface area contributed by atoms with Crippen LogP contribution in [0.5, 0.6) is 0 Å². The van der Waals surface area contributed by atoms with Crippen molar-refractivity contribution in [2.24, 2.45) is 0 Å². The Morgan fingerprint density at radius 3 is 2.00 bits per heavy atom. The highest BCUT2D eigenvalue weighted by atomic mass is 16.6.